The number of furan rings is 1. The number of aliphatic hydroxyl groups excluding tert-OH is 1. The maximum Gasteiger partial charge on any atom is 0.355 e. The largest absolute Gasteiger partial charge is 0.484 e. The van der Waals surface area contributed by atoms with Crippen molar-refractivity contribution >= 4 is 32.5 Å². The molecule has 3 heterocycles. The van der Waals surface area contributed by atoms with Gasteiger partial charge >= 0.3 is 5.76 Å². The van der Waals surface area contributed by atoms with Crippen LogP contribution < -0.4 is 15.2 Å². The van der Waals surface area contributed by atoms with Gasteiger partial charge in [0.2, 0.25) is 0 Å². The quantitative estimate of drug-likeness (QED) is 0.203. The van der Waals surface area contributed by atoms with E-state index in [4.69, 9.17) is 14.9 Å². The summed E-state index contributed by atoms with van der Waals surface area (Å²) >= 11 is 0. The van der Waals surface area contributed by atoms with Crippen molar-refractivity contribution in [1.82, 2.24) is 14.8 Å². The van der Waals surface area contributed by atoms with Crippen LogP contribution in [-0.2, 0) is 16.6 Å². The molecule has 41 heavy (non-hydrogen) atoms. The SMILES string of the molecule is C[C@H](Oc1cc(-c2coc3c(-c4cnn(CCO)c4)cnc(N)c23)ccc1NS(=O)(=O)C(F)F)c1ccc(F)cc1. The molecule has 0 saturated heterocycles. The van der Waals surface area contributed by atoms with Crippen molar-refractivity contribution in [3.05, 3.63) is 78.7 Å². The summed E-state index contributed by atoms with van der Waals surface area (Å²) in [5.74, 6) is -4.04. The zero-order valence-electron chi connectivity index (χ0n) is 21.5. The average molecular weight is 588 g/mol. The third kappa shape index (κ3) is 5.69. The van der Waals surface area contributed by atoms with Gasteiger partial charge in [-0.05, 0) is 42.3 Å². The zero-order valence-corrected chi connectivity index (χ0v) is 22.3. The van der Waals surface area contributed by atoms with E-state index in [1.54, 1.807) is 24.0 Å². The van der Waals surface area contributed by atoms with Crippen LogP contribution in [0.4, 0.5) is 24.7 Å². The van der Waals surface area contributed by atoms with E-state index in [0.717, 1.165) is 0 Å². The molecule has 214 valence electrons. The number of benzene rings is 2. The summed E-state index contributed by atoms with van der Waals surface area (Å²) in [6, 6.07) is 9.70. The number of ether oxygens (including phenoxy) is 1. The molecule has 14 heteroatoms. The molecule has 0 aliphatic carbocycles. The topological polar surface area (TPSA) is 146 Å². The fourth-order valence-electron chi connectivity index (χ4n) is 4.27. The number of alkyl halides is 2. The third-order valence-electron chi connectivity index (χ3n) is 6.32. The van der Waals surface area contributed by atoms with Crippen LogP contribution in [-0.4, -0.2) is 40.7 Å². The van der Waals surface area contributed by atoms with Crippen molar-refractivity contribution < 1.29 is 35.8 Å². The third-order valence-corrected chi connectivity index (χ3v) is 7.29. The molecule has 0 radical (unpaired) electrons. The van der Waals surface area contributed by atoms with Gasteiger partial charge in [-0.25, -0.2) is 17.8 Å². The normalized spacial score (nSPS) is 12.6. The van der Waals surface area contributed by atoms with Gasteiger partial charge in [0, 0.05) is 29.1 Å². The smallest absolute Gasteiger partial charge is 0.355 e. The Morgan fingerprint density at radius 2 is 1.88 bits per heavy atom. The monoisotopic (exact) mass is 587 g/mol. The predicted molar refractivity (Wildman–Crippen MR) is 146 cm³/mol. The molecule has 0 unspecified atom stereocenters. The molecule has 5 aromatic rings. The molecule has 0 spiro atoms. The Morgan fingerprint density at radius 1 is 1.12 bits per heavy atom. The number of nitrogens with one attached hydrogen (secondary N) is 1. The highest BCUT2D eigenvalue weighted by molar-refractivity contribution is 7.93. The van der Waals surface area contributed by atoms with Crippen LogP contribution in [0.25, 0.3) is 33.2 Å². The maximum atomic E-state index is 13.4. The molecule has 10 nitrogen and oxygen atoms in total. The number of anilines is 2. The van der Waals surface area contributed by atoms with Crippen LogP contribution in [0.5, 0.6) is 5.75 Å². The molecule has 5 rings (SSSR count). The van der Waals surface area contributed by atoms with E-state index in [0.29, 0.717) is 45.3 Å². The Balaban J connectivity index is 1.59. The number of hydrogen-bond acceptors (Lipinski definition) is 8. The Kier molecular flexibility index (Phi) is 7.60. The fraction of sp³-hybridized carbons (Fsp3) is 0.185. The zero-order chi connectivity index (χ0) is 29.3. The summed E-state index contributed by atoms with van der Waals surface area (Å²) in [6.45, 7) is 1.86. The summed E-state index contributed by atoms with van der Waals surface area (Å²) in [6.07, 6.45) is 5.58. The molecule has 0 bridgehead atoms. The highest BCUT2D eigenvalue weighted by Crippen LogP contribution is 2.41. The van der Waals surface area contributed by atoms with Crippen molar-refractivity contribution in [2.24, 2.45) is 0 Å². The summed E-state index contributed by atoms with van der Waals surface area (Å²) in [5, 5.41) is 13.9. The van der Waals surface area contributed by atoms with Gasteiger partial charge in [0.15, 0.2) is 0 Å². The highest BCUT2D eigenvalue weighted by Gasteiger charge is 2.26. The number of nitrogen functional groups attached to an aromatic ring is 1. The van der Waals surface area contributed by atoms with E-state index in [9.17, 15) is 26.7 Å². The molecule has 0 amide bonds. The van der Waals surface area contributed by atoms with Gasteiger partial charge in [-0.15, -0.1) is 0 Å². The van der Waals surface area contributed by atoms with Crippen LogP contribution in [0.3, 0.4) is 0 Å². The van der Waals surface area contributed by atoms with Gasteiger partial charge in [0.25, 0.3) is 10.0 Å². The van der Waals surface area contributed by atoms with Gasteiger partial charge in [-0.3, -0.25) is 9.40 Å². The minimum Gasteiger partial charge on any atom is -0.484 e. The molecular formula is C27H24F3N5O5S. The second kappa shape index (κ2) is 11.1. The maximum absolute atomic E-state index is 13.4. The van der Waals surface area contributed by atoms with Gasteiger partial charge in [-0.2, -0.15) is 13.9 Å². The first-order valence-corrected chi connectivity index (χ1v) is 13.8. The Hall–Kier alpha value is -4.56. The van der Waals surface area contributed by atoms with Gasteiger partial charge in [0.1, 0.15) is 29.1 Å². The lowest BCUT2D eigenvalue weighted by atomic mass is 10.0. The lowest BCUT2D eigenvalue weighted by molar-refractivity contribution is 0.228. The molecule has 0 fully saturated rings. The number of halogens is 3. The van der Waals surface area contributed by atoms with Crippen LogP contribution in [0, 0.1) is 5.82 Å². The summed E-state index contributed by atoms with van der Waals surface area (Å²) < 4.78 is 79.0. The first kappa shape index (κ1) is 28.0. The van der Waals surface area contributed by atoms with Crippen molar-refractivity contribution in [2.75, 3.05) is 17.1 Å². The number of aromatic nitrogens is 3. The number of fused-ring (bicyclic) bond motifs is 1. The van der Waals surface area contributed by atoms with Crippen LogP contribution in [0.2, 0.25) is 0 Å². The second-order valence-corrected chi connectivity index (χ2v) is 10.7. The lowest BCUT2D eigenvalue weighted by Crippen LogP contribution is -2.21. The van der Waals surface area contributed by atoms with Gasteiger partial charge < -0.3 is 20.0 Å². The summed E-state index contributed by atoms with van der Waals surface area (Å²) in [5.41, 5.74) is 9.18. The Bertz CT molecular complexity index is 1810. The fourth-order valence-corrected chi connectivity index (χ4v) is 4.84. The standard InChI is InChI=1S/C27H24F3N5O5S/c1-15(16-2-5-19(28)6-3-16)40-23-10-17(4-7-22(23)34-41(37,38)27(29)30)21-14-39-25-20(12-32-26(31)24(21)25)18-11-33-35(13-18)8-9-36/h2-7,10-15,27,34,36H,8-9H2,1H3,(H2,31,32)/t15-/m0/s1. The molecule has 1 atom stereocenters. The van der Waals surface area contributed by atoms with E-state index >= 15 is 0 Å². The molecule has 4 N–H and O–H groups in total. The molecule has 3 aromatic heterocycles. The van der Waals surface area contributed by atoms with E-state index in [1.807, 2.05) is 4.72 Å². The van der Waals surface area contributed by atoms with Crippen molar-refractivity contribution in [1.29, 1.82) is 0 Å². The van der Waals surface area contributed by atoms with Crippen molar-refractivity contribution in [3.63, 3.8) is 0 Å². The summed E-state index contributed by atoms with van der Waals surface area (Å²) in [7, 11) is -5.01. The molecule has 0 aliphatic rings. The van der Waals surface area contributed by atoms with E-state index in [-0.39, 0.29) is 23.9 Å². The van der Waals surface area contributed by atoms with Crippen LogP contribution in [0.1, 0.15) is 18.6 Å². The van der Waals surface area contributed by atoms with E-state index < -0.39 is 27.7 Å². The number of nitrogens with two attached hydrogens (primary N) is 1. The van der Waals surface area contributed by atoms with Gasteiger partial charge in [0.05, 0.1) is 36.7 Å². The first-order chi connectivity index (χ1) is 19.6. The molecular weight excluding hydrogens is 563 g/mol. The van der Waals surface area contributed by atoms with Gasteiger partial charge in [-0.1, -0.05) is 18.2 Å². The number of rotatable bonds is 10. The van der Waals surface area contributed by atoms with Crippen molar-refractivity contribution in [2.45, 2.75) is 25.3 Å². The second-order valence-electron chi connectivity index (χ2n) is 9.06. The Labute approximate surface area is 232 Å². The minimum atomic E-state index is -5.01. The average Bonchev–Trinajstić information content (AvgIpc) is 3.59. The van der Waals surface area contributed by atoms with Crippen molar-refractivity contribution in [3.8, 4) is 28.0 Å². The predicted octanol–water partition coefficient (Wildman–Crippen LogP) is 5.18. The minimum absolute atomic E-state index is 0.0640. The lowest BCUT2D eigenvalue weighted by Gasteiger charge is -2.19. The Morgan fingerprint density at radius 3 is 2.59 bits per heavy atom. The number of sulfonamides is 1. The van der Waals surface area contributed by atoms with E-state index in [1.165, 1.54) is 54.9 Å². The van der Waals surface area contributed by atoms with Crippen LogP contribution in [0.15, 0.2) is 71.7 Å². The number of aliphatic hydroxyl groups is 1. The van der Waals surface area contributed by atoms with Crippen LogP contribution >= 0.6 is 0 Å². The number of hydrogen-bond donors (Lipinski definition) is 3. The molecule has 2 aromatic carbocycles. The van der Waals surface area contributed by atoms with E-state index in [2.05, 4.69) is 10.1 Å². The highest BCUT2D eigenvalue weighted by atomic mass is 32.2. The first-order valence-electron chi connectivity index (χ1n) is 12.2. The molecule has 0 saturated carbocycles. The number of nitrogens with zero attached hydrogens (tertiary/aromatic N) is 3. The molecule has 0 aliphatic heterocycles. The number of pyridine rings is 1. The summed E-state index contributed by atoms with van der Waals surface area (Å²) in [4.78, 5) is 4.29.